The molecule has 9 N–H and O–H groups in total. The summed E-state index contributed by atoms with van der Waals surface area (Å²) in [4.78, 5) is 80.2. The van der Waals surface area contributed by atoms with Crippen molar-refractivity contribution in [3.63, 3.8) is 0 Å². The predicted octanol–water partition coefficient (Wildman–Crippen LogP) is -0.426. The molecule has 0 aliphatic rings. The quantitative estimate of drug-likeness (QED) is 0.0677. The number of aliphatic hydroxyl groups excluding tert-OH is 1. The van der Waals surface area contributed by atoms with Gasteiger partial charge in [-0.05, 0) is 50.2 Å². The zero-order chi connectivity index (χ0) is 36.9. The zero-order valence-corrected chi connectivity index (χ0v) is 29.7. The fraction of sp³-hybridized carbons (Fsp3) is 0.588. The number of benzene rings is 1. The summed E-state index contributed by atoms with van der Waals surface area (Å²) in [6, 6.07) is 2.05. The Morgan fingerprint density at radius 1 is 0.796 bits per heavy atom. The van der Waals surface area contributed by atoms with Crippen LogP contribution in [0.15, 0.2) is 30.5 Å². The van der Waals surface area contributed by atoms with Crippen molar-refractivity contribution in [3.8, 4) is 0 Å². The number of hydrogen-bond acceptors (Lipinski definition) is 7. The van der Waals surface area contributed by atoms with Gasteiger partial charge in [-0.1, -0.05) is 32.0 Å². The largest absolute Gasteiger partial charge is 0.394 e. The van der Waals surface area contributed by atoms with Crippen molar-refractivity contribution in [1.29, 1.82) is 0 Å². The summed E-state index contributed by atoms with van der Waals surface area (Å²) in [5, 5.41) is 23.5. The van der Waals surface area contributed by atoms with Crippen molar-refractivity contribution >= 4 is 46.3 Å². The third kappa shape index (κ3) is 13.9. The summed E-state index contributed by atoms with van der Waals surface area (Å²) in [7, 11) is 6.12. The molecule has 0 saturated carbocycles. The van der Waals surface area contributed by atoms with Crippen LogP contribution in [0.25, 0.3) is 10.9 Å². The van der Waals surface area contributed by atoms with Gasteiger partial charge in [-0.15, -0.1) is 0 Å². The molecule has 0 fully saturated rings. The summed E-state index contributed by atoms with van der Waals surface area (Å²) in [5.74, 6) is -3.90. The number of nitrogens with zero attached hydrogens (tertiary/aromatic N) is 1. The average Bonchev–Trinajstić information content (AvgIpc) is 3.41. The fourth-order valence-electron chi connectivity index (χ4n) is 5.31. The molecule has 0 saturated heterocycles. The summed E-state index contributed by atoms with van der Waals surface area (Å²) in [6.45, 7) is 6.63. The van der Waals surface area contributed by atoms with E-state index >= 15 is 0 Å². The number of nitrogens with two attached hydrogens (primary N) is 1. The molecule has 1 aromatic carbocycles. The number of rotatable bonds is 20. The Morgan fingerprint density at radius 2 is 1.39 bits per heavy atom. The van der Waals surface area contributed by atoms with E-state index in [2.05, 4.69) is 31.6 Å². The first kappa shape index (κ1) is 40.7. The second-order valence-electron chi connectivity index (χ2n) is 14.0. The number of aromatic nitrogens is 1. The lowest BCUT2D eigenvalue weighted by atomic mass is 10.0. The molecule has 15 heteroatoms. The number of unbranched alkanes of at least 4 members (excludes halogenated alkanes) is 1. The molecule has 0 bridgehead atoms. The number of nitrogens with one attached hydrogen (secondary N) is 6. The van der Waals surface area contributed by atoms with Gasteiger partial charge in [0.1, 0.15) is 30.2 Å². The van der Waals surface area contributed by atoms with E-state index in [4.69, 9.17) is 5.73 Å². The highest BCUT2D eigenvalue weighted by Gasteiger charge is 2.31. The number of fused-ring (bicyclic) bond motifs is 1. The molecule has 49 heavy (non-hydrogen) atoms. The standard InChI is InChI=1S/C34H54N8O7/c1-20(2)16-27(34(49)39-26(14-10-11-15-42(5,6)7)32(47)41-29(19-43)30(35)45)40-31(46)21(3)37-33(48)28(38-22(4)44)17-23-18-36-25-13-9-8-12-24(23)25/h8-9,12-13,18,20-21,26-29,36,43H,10-11,14-17,19H2,1-7H3,(H6-,35,37,38,39,40,41,44,45,46,47,48,49)/p+1/t21-,26-,27-,28-,29-/m0/s1. The maximum atomic E-state index is 13.6. The predicted molar refractivity (Wildman–Crippen MR) is 185 cm³/mol. The van der Waals surface area contributed by atoms with Gasteiger partial charge in [0.25, 0.3) is 0 Å². The Labute approximate surface area is 288 Å². The highest BCUT2D eigenvalue weighted by molar-refractivity contribution is 5.96. The van der Waals surface area contributed by atoms with Gasteiger partial charge in [0, 0.05) is 30.4 Å². The number of quaternary nitrogens is 1. The number of para-hydroxylation sites is 1. The van der Waals surface area contributed by atoms with E-state index in [0.717, 1.165) is 29.4 Å². The van der Waals surface area contributed by atoms with E-state index in [0.29, 0.717) is 10.9 Å². The third-order valence-corrected chi connectivity index (χ3v) is 7.93. The van der Waals surface area contributed by atoms with E-state index in [1.54, 1.807) is 6.20 Å². The number of aromatic amines is 1. The molecule has 2 aromatic rings. The Balaban J connectivity index is 2.16. The number of amides is 6. The van der Waals surface area contributed by atoms with Crippen molar-refractivity contribution in [2.24, 2.45) is 11.7 Å². The summed E-state index contributed by atoms with van der Waals surface area (Å²) in [6.07, 6.45) is 3.74. The van der Waals surface area contributed by atoms with Crippen molar-refractivity contribution in [2.75, 3.05) is 34.3 Å². The van der Waals surface area contributed by atoms with Crippen LogP contribution in [0.1, 0.15) is 58.9 Å². The second-order valence-corrected chi connectivity index (χ2v) is 14.0. The highest BCUT2D eigenvalue weighted by Crippen LogP contribution is 2.19. The number of primary amides is 1. The third-order valence-electron chi connectivity index (χ3n) is 7.93. The Morgan fingerprint density at radius 3 is 1.98 bits per heavy atom. The molecule has 5 atom stereocenters. The minimum atomic E-state index is -1.33. The van der Waals surface area contributed by atoms with Gasteiger partial charge >= 0.3 is 0 Å². The molecule has 0 aliphatic heterocycles. The second kappa shape index (κ2) is 18.9. The van der Waals surface area contributed by atoms with Gasteiger partial charge in [-0.3, -0.25) is 28.8 Å². The monoisotopic (exact) mass is 687 g/mol. The highest BCUT2D eigenvalue weighted by atomic mass is 16.3. The van der Waals surface area contributed by atoms with Crippen LogP contribution in [0.2, 0.25) is 0 Å². The van der Waals surface area contributed by atoms with Crippen molar-refractivity contribution in [2.45, 2.75) is 90.0 Å². The lowest BCUT2D eigenvalue weighted by molar-refractivity contribution is -0.870. The van der Waals surface area contributed by atoms with Crippen LogP contribution in [0.4, 0.5) is 0 Å². The van der Waals surface area contributed by atoms with Gasteiger partial charge in [-0.25, -0.2) is 0 Å². The molecule has 1 heterocycles. The van der Waals surface area contributed by atoms with Crippen LogP contribution >= 0.6 is 0 Å². The van der Waals surface area contributed by atoms with Crippen LogP contribution in [0.5, 0.6) is 0 Å². The van der Waals surface area contributed by atoms with Crippen molar-refractivity contribution < 1.29 is 38.4 Å². The van der Waals surface area contributed by atoms with Crippen LogP contribution in [-0.2, 0) is 35.2 Å². The maximum absolute atomic E-state index is 13.6. The first-order valence-corrected chi connectivity index (χ1v) is 16.7. The van der Waals surface area contributed by atoms with E-state index in [1.165, 1.54) is 13.8 Å². The van der Waals surface area contributed by atoms with E-state index in [-0.39, 0.29) is 25.2 Å². The first-order valence-electron chi connectivity index (χ1n) is 16.7. The van der Waals surface area contributed by atoms with E-state index in [9.17, 15) is 33.9 Å². The molecule has 0 radical (unpaired) electrons. The van der Waals surface area contributed by atoms with Gasteiger partial charge in [0.05, 0.1) is 34.3 Å². The number of aliphatic hydroxyl groups is 1. The molecule has 2 rings (SSSR count). The van der Waals surface area contributed by atoms with E-state index < -0.39 is 72.3 Å². The molecule has 1 aromatic heterocycles. The SMILES string of the molecule is CC(=O)N[C@@H](Cc1c[nH]c2ccccc12)C(=O)N[C@@H](C)C(=O)N[C@@H](CC(C)C)C(=O)N[C@@H](CCCC[N+](C)(C)C)C(=O)N[C@@H](CO)C(N)=O. The maximum Gasteiger partial charge on any atom is 0.243 e. The molecule has 0 unspecified atom stereocenters. The smallest absolute Gasteiger partial charge is 0.243 e. The molecule has 15 nitrogen and oxygen atoms in total. The molecular weight excluding hydrogens is 632 g/mol. The van der Waals surface area contributed by atoms with Crippen LogP contribution in [0, 0.1) is 5.92 Å². The normalized spacial score (nSPS) is 14.6. The number of carbonyl (C=O) groups is 6. The molecule has 6 amide bonds. The topological polar surface area (TPSA) is 225 Å². The number of H-pyrrole nitrogens is 1. The lowest BCUT2D eigenvalue weighted by Crippen LogP contribution is -2.59. The van der Waals surface area contributed by atoms with E-state index in [1.807, 2.05) is 59.3 Å². The van der Waals surface area contributed by atoms with Crippen molar-refractivity contribution in [3.05, 3.63) is 36.0 Å². The minimum absolute atomic E-state index is 0.0354. The Hall–Kier alpha value is -4.50. The molecular formula is C34H55N8O7+. The summed E-state index contributed by atoms with van der Waals surface area (Å²) in [5.41, 5.74) is 6.98. The zero-order valence-electron chi connectivity index (χ0n) is 29.7. The Kier molecular flexibility index (Phi) is 15.7. The summed E-state index contributed by atoms with van der Waals surface area (Å²) >= 11 is 0. The van der Waals surface area contributed by atoms with Gasteiger partial charge < -0.3 is 46.9 Å². The van der Waals surface area contributed by atoms with Gasteiger partial charge in [0.2, 0.25) is 35.4 Å². The van der Waals surface area contributed by atoms with Crippen LogP contribution in [0.3, 0.4) is 0 Å². The fourth-order valence-corrected chi connectivity index (χ4v) is 5.31. The Bertz CT molecular complexity index is 1450. The molecule has 272 valence electrons. The van der Waals surface area contributed by atoms with Gasteiger partial charge in [0.15, 0.2) is 0 Å². The van der Waals surface area contributed by atoms with Gasteiger partial charge in [-0.2, -0.15) is 0 Å². The molecule has 0 aliphatic carbocycles. The first-order chi connectivity index (χ1) is 22.9. The number of carbonyl (C=O) groups excluding carboxylic acids is 6. The van der Waals surface area contributed by atoms with Crippen LogP contribution in [-0.4, -0.2) is 115 Å². The van der Waals surface area contributed by atoms with Crippen molar-refractivity contribution in [1.82, 2.24) is 31.6 Å². The lowest BCUT2D eigenvalue weighted by Gasteiger charge is -2.27. The number of hydrogen-bond donors (Lipinski definition) is 8. The average molecular weight is 688 g/mol. The summed E-state index contributed by atoms with van der Waals surface area (Å²) < 4.78 is 0.712. The molecule has 0 spiro atoms. The minimum Gasteiger partial charge on any atom is -0.394 e. The van der Waals surface area contributed by atoms with Crippen LogP contribution < -0.4 is 32.3 Å².